The van der Waals surface area contributed by atoms with Gasteiger partial charge < -0.3 is 4.90 Å². The molecule has 2 aliphatic carbocycles. The summed E-state index contributed by atoms with van der Waals surface area (Å²) in [7, 11) is 0. The van der Waals surface area contributed by atoms with Crippen LogP contribution in [0.3, 0.4) is 0 Å². The molecule has 0 amide bonds. The number of benzene rings is 9. The van der Waals surface area contributed by atoms with Gasteiger partial charge >= 0.3 is 0 Å². The second-order valence-electron chi connectivity index (χ2n) is 18.0. The molecule has 0 heterocycles. The van der Waals surface area contributed by atoms with Crippen molar-refractivity contribution in [1.82, 2.24) is 0 Å². The van der Waals surface area contributed by atoms with Crippen molar-refractivity contribution in [3.63, 3.8) is 0 Å². The minimum absolute atomic E-state index is 0.353. The van der Waals surface area contributed by atoms with Gasteiger partial charge in [0.1, 0.15) is 0 Å². The van der Waals surface area contributed by atoms with Crippen molar-refractivity contribution in [3.8, 4) is 33.4 Å². The Kier molecular flexibility index (Phi) is 10.1. The van der Waals surface area contributed by atoms with Crippen LogP contribution in [0, 0.1) is 0 Å². The summed E-state index contributed by atoms with van der Waals surface area (Å²) in [5, 5.41) is 2.50. The van der Waals surface area contributed by atoms with Crippen LogP contribution >= 0.6 is 0 Å². The van der Waals surface area contributed by atoms with Crippen LogP contribution in [0.5, 0.6) is 0 Å². The van der Waals surface area contributed by atoms with Gasteiger partial charge in [-0.05, 0) is 127 Å². The highest BCUT2D eigenvalue weighted by molar-refractivity contribution is 6.06. The van der Waals surface area contributed by atoms with Crippen molar-refractivity contribution >= 4 is 27.8 Å². The number of rotatable bonds is 9. The van der Waals surface area contributed by atoms with Gasteiger partial charge in [-0.1, -0.05) is 215 Å². The maximum absolute atomic E-state index is 2.56. The van der Waals surface area contributed by atoms with Gasteiger partial charge in [-0.15, -0.1) is 0 Å². The largest absolute Gasteiger partial charge is 0.310 e. The van der Waals surface area contributed by atoms with Gasteiger partial charge in [-0.2, -0.15) is 0 Å². The van der Waals surface area contributed by atoms with Crippen LogP contribution in [0.4, 0.5) is 17.1 Å². The predicted octanol–water partition coefficient (Wildman–Crippen LogP) is 17.2. The Bertz CT molecular complexity index is 3010. The molecule has 0 aliphatic heterocycles. The number of anilines is 3. The molecule has 0 radical (unpaired) electrons. The summed E-state index contributed by atoms with van der Waals surface area (Å²) in [4.78, 5) is 2.56. The molecule has 0 unspecified atom stereocenters. The van der Waals surface area contributed by atoms with E-state index >= 15 is 0 Å². The van der Waals surface area contributed by atoms with Crippen molar-refractivity contribution in [2.24, 2.45) is 0 Å². The monoisotopic (exact) mass is 811 g/mol. The summed E-state index contributed by atoms with van der Waals surface area (Å²) in [5.41, 5.74) is 18.5. The molecule has 11 rings (SSSR count). The minimum atomic E-state index is -0.568. The Balaban J connectivity index is 1.22. The van der Waals surface area contributed by atoms with Crippen LogP contribution < -0.4 is 4.90 Å². The lowest BCUT2D eigenvalue weighted by atomic mass is 9.67. The Morgan fingerprint density at radius 2 is 1.08 bits per heavy atom. The van der Waals surface area contributed by atoms with Crippen molar-refractivity contribution in [1.29, 1.82) is 0 Å². The quantitative estimate of drug-likeness (QED) is 0.140. The van der Waals surface area contributed by atoms with E-state index in [9.17, 15) is 0 Å². The molecule has 2 aliphatic rings. The Hall–Kier alpha value is -6.96. The van der Waals surface area contributed by atoms with Gasteiger partial charge in [0.05, 0.1) is 11.1 Å². The summed E-state index contributed by atoms with van der Waals surface area (Å²) in [6, 6.07) is 80.0. The van der Waals surface area contributed by atoms with Gasteiger partial charge in [0.15, 0.2) is 0 Å². The molecule has 0 aromatic heterocycles. The lowest BCUT2D eigenvalue weighted by Gasteiger charge is -2.35. The third-order valence-electron chi connectivity index (χ3n) is 14.1. The smallest absolute Gasteiger partial charge is 0.0714 e. The maximum Gasteiger partial charge on any atom is 0.0714 e. The maximum atomic E-state index is 2.56. The van der Waals surface area contributed by atoms with E-state index in [0.717, 1.165) is 5.69 Å². The van der Waals surface area contributed by atoms with Crippen LogP contribution in [-0.2, 0) is 5.41 Å². The van der Waals surface area contributed by atoms with Gasteiger partial charge in [-0.25, -0.2) is 0 Å². The molecule has 1 nitrogen and oxygen atoms in total. The Morgan fingerprint density at radius 1 is 0.460 bits per heavy atom. The molecule has 1 heteroatoms. The highest BCUT2D eigenvalue weighted by atomic mass is 15.1. The van der Waals surface area contributed by atoms with E-state index in [0.29, 0.717) is 11.8 Å². The van der Waals surface area contributed by atoms with Crippen molar-refractivity contribution in [2.45, 2.75) is 63.2 Å². The van der Waals surface area contributed by atoms with Crippen LogP contribution in [0.25, 0.3) is 44.2 Å². The van der Waals surface area contributed by atoms with E-state index in [1.54, 1.807) is 0 Å². The topological polar surface area (TPSA) is 3.24 Å². The molecule has 0 bridgehead atoms. The van der Waals surface area contributed by atoms with Crippen LogP contribution in [0.2, 0.25) is 0 Å². The molecule has 306 valence electrons. The van der Waals surface area contributed by atoms with Crippen LogP contribution in [0.1, 0.15) is 91.2 Å². The SMILES string of the molecule is CC(C)c1ccccc1-c1c(N(c2ccc(C3CCCCC3)cc2)c2ccc3c(c2)C(c2ccccc2)(c2ccccc2)c2cccc(-c4ccccc4)c2-3)ccc2ccccc12. The number of hydrogen-bond acceptors (Lipinski definition) is 1. The second kappa shape index (κ2) is 16.4. The van der Waals surface area contributed by atoms with Gasteiger partial charge in [0, 0.05) is 16.9 Å². The number of nitrogens with zero attached hydrogens (tertiary/aromatic N) is 1. The first-order chi connectivity index (χ1) is 31.1. The molecule has 1 saturated carbocycles. The van der Waals surface area contributed by atoms with Crippen LogP contribution in [-0.4, -0.2) is 0 Å². The third-order valence-corrected chi connectivity index (χ3v) is 14.1. The summed E-state index contributed by atoms with van der Waals surface area (Å²) < 4.78 is 0. The molecule has 1 fully saturated rings. The first-order valence-corrected chi connectivity index (χ1v) is 23.1. The molecule has 63 heavy (non-hydrogen) atoms. The fraction of sp³-hybridized carbons (Fsp3) is 0.161. The van der Waals surface area contributed by atoms with Crippen molar-refractivity contribution < 1.29 is 0 Å². The molecule has 0 saturated heterocycles. The first-order valence-electron chi connectivity index (χ1n) is 23.1. The average Bonchev–Trinajstić information content (AvgIpc) is 3.66. The third kappa shape index (κ3) is 6.61. The minimum Gasteiger partial charge on any atom is -0.310 e. The molecule has 0 atom stereocenters. The molecular weight excluding hydrogens is 759 g/mol. The lowest BCUT2D eigenvalue weighted by Crippen LogP contribution is -2.28. The van der Waals surface area contributed by atoms with E-state index in [1.807, 2.05) is 0 Å². The zero-order valence-electron chi connectivity index (χ0n) is 36.3. The zero-order chi connectivity index (χ0) is 42.3. The Morgan fingerprint density at radius 3 is 1.79 bits per heavy atom. The van der Waals surface area contributed by atoms with Gasteiger partial charge in [0.25, 0.3) is 0 Å². The van der Waals surface area contributed by atoms with E-state index < -0.39 is 5.41 Å². The van der Waals surface area contributed by atoms with E-state index in [2.05, 4.69) is 231 Å². The summed E-state index contributed by atoms with van der Waals surface area (Å²) in [6.45, 7) is 4.64. The number of fused-ring (bicyclic) bond motifs is 4. The van der Waals surface area contributed by atoms with Crippen LogP contribution in [0.15, 0.2) is 212 Å². The number of hydrogen-bond donors (Lipinski definition) is 0. The average molecular weight is 812 g/mol. The molecule has 9 aromatic rings. The highest BCUT2D eigenvalue weighted by Gasteiger charge is 2.47. The predicted molar refractivity (Wildman–Crippen MR) is 267 cm³/mol. The lowest BCUT2D eigenvalue weighted by molar-refractivity contribution is 0.443. The summed E-state index contributed by atoms with van der Waals surface area (Å²) in [5.74, 6) is 0.982. The summed E-state index contributed by atoms with van der Waals surface area (Å²) in [6.07, 6.45) is 6.56. The molecule has 0 spiro atoms. The van der Waals surface area contributed by atoms with Crippen molar-refractivity contribution in [3.05, 3.63) is 246 Å². The highest BCUT2D eigenvalue weighted by Crippen LogP contribution is 2.59. The van der Waals surface area contributed by atoms with Gasteiger partial charge in [-0.3, -0.25) is 0 Å². The molecular formula is C62H53N. The van der Waals surface area contributed by atoms with E-state index in [-0.39, 0.29) is 0 Å². The standard InChI is InChI=1S/C62H53N/c1-43(2)52-29-17-18-31-55(52)61-54-30-16-15-24-47(54)36-41-59(61)63(50-37-34-45(35-38-50)44-20-7-3-8-21-44)51-39-40-56-58(42-51)62(48-25-11-5-12-26-48,49-27-13-6-14-28-49)57-33-19-32-53(60(56)57)46-22-9-4-10-23-46/h4-6,9-19,22-44H,3,7-8,20-21H2,1-2H3. The zero-order valence-corrected chi connectivity index (χ0v) is 36.3. The summed E-state index contributed by atoms with van der Waals surface area (Å²) >= 11 is 0. The fourth-order valence-corrected chi connectivity index (χ4v) is 11.2. The molecule has 0 N–H and O–H groups in total. The second-order valence-corrected chi connectivity index (χ2v) is 18.0. The van der Waals surface area contributed by atoms with Crippen molar-refractivity contribution in [2.75, 3.05) is 4.90 Å². The first kappa shape index (κ1) is 38.9. The van der Waals surface area contributed by atoms with E-state index in [4.69, 9.17) is 0 Å². The van der Waals surface area contributed by atoms with Gasteiger partial charge in [0.2, 0.25) is 0 Å². The fourth-order valence-electron chi connectivity index (χ4n) is 11.2. The molecule has 9 aromatic carbocycles. The normalized spacial score (nSPS) is 14.4. The Labute approximate surface area is 373 Å². The van der Waals surface area contributed by atoms with E-state index in [1.165, 1.54) is 121 Å².